The minimum atomic E-state index is -2.41. The second kappa shape index (κ2) is 15.0. The van der Waals surface area contributed by atoms with Gasteiger partial charge in [-0.15, -0.1) is 12.4 Å². The van der Waals surface area contributed by atoms with Crippen molar-refractivity contribution in [1.29, 1.82) is 0 Å². The first-order valence-electron chi connectivity index (χ1n) is 7.11. The first-order valence-corrected chi connectivity index (χ1v) is 9.92. The standard InChI is InChI=1S/C13H29NO2S2.ClH/c1-18(15,17)16-13-11-9-7-5-3-2-4-6-8-10-12-14;/h2-14H2,1H3;1H. The van der Waals surface area contributed by atoms with E-state index in [1.54, 1.807) is 0 Å². The molecule has 0 amide bonds. The molecule has 0 aliphatic heterocycles. The lowest BCUT2D eigenvalue weighted by atomic mass is 10.1. The van der Waals surface area contributed by atoms with Crippen LogP contribution in [-0.2, 0) is 24.1 Å². The Labute approximate surface area is 130 Å². The molecule has 0 aliphatic rings. The van der Waals surface area contributed by atoms with Gasteiger partial charge in [-0.25, -0.2) is 4.21 Å². The molecule has 6 heteroatoms. The van der Waals surface area contributed by atoms with E-state index >= 15 is 0 Å². The summed E-state index contributed by atoms with van der Waals surface area (Å²) in [5.41, 5.74) is 5.44. The second-order valence-corrected chi connectivity index (χ2v) is 8.31. The summed E-state index contributed by atoms with van der Waals surface area (Å²) in [5.74, 6) is 0. The van der Waals surface area contributed by atoms with Crippen molar-refractivity contribution in [2.75, 3.05) is 19.4 Å². The van der Waals surface area contributed by atoms with Gasteiger partial charge in [0.05, 0.1) is 6.61 Å². The summed E-state index contributed by atoms with van der Waals surface area (Å²) < 4.78 is 16.1. The Bertz CT molecular complexity index is 272. The molecule has 0 aromatic heterocycles. The molecule has 118 valence electrons. The summed E-state index contributed by atoms with van der Waals surface area (Å²) in [6, 6.07) is 0. The normalized spacial score (nSPS) is 13.8. The predicted octanol–water partition coefficient (Wildman–Crippen LogP) is 3.58. The van der Waals surface area contributed by atoms with Gasteiger partial charge >= 0.3 is 0 Å². The van der Waals surface area contributed by atoms with E-state index in [1.165, 1.54) is 57.6 Å². The molecule has 0 saturated heterocycles. The van der Waals surface area contributed by atoms with Crippen molar-refractivity contribution in [3.63, 3.8) is 0 Å². The summed E-state index contributed by atoms with van der Waals surface area (Å²) in [5, 5.41) is 0. The Morgan fingerprint density at radius 1 is 0.895 bits per heavy atom. The Balaban J connectivity index is 0. The van der Waals surface area contributed by atoms with Crippen molar-refractivity contribution >= 4 is 32.4 Å². The van der Waals surface area contributed by atoms with Crippen LogP contribution in [0.4, 0.5) is 0 Å². The van der Waals surface area contributed by atoms with Gasteiger partial charge < -0.3 is 5.73 Å². The van der Waals surface area contributed by atoms with E-state index in [-0.39, 0.29) is 12.4 Å². The maximum atomic E-state index is 11.1. The number of halogens is 1. The molecule has 19 heavy (non-hydrogen) atoms. The summed E-state index contributed by atoms with van der Waals surface area (Å²) in [4.78, 5) is 0. The fourth-order valence-corrected chi connectivity index (χ4v) is 2.50. The highest BCUT2D eigenvalue weighted by Crippen LogP contribution is 2.10. The lowest BCUT2D eigenvalue weighted by Crippen LogP contribution is -2.02. The first-order chi connectivity index (χ1) is 8.56. The van der Waals surface area contributed by atoms with Crippen molar-refractivity contribution in [3.05, 3.63) is 0 Å². The maximum absolute atomic E-state index is 11.1. The third-order valence-corrected chi connectivity index (χ3v) is 3.78. The average Bonchev–Trinajstić information content (AvgIpc) is 2.29. The van der Waals surface area contributed by atoms with E-state index in [9.17, 15) is 4.21 Å². The van der Waals surface area contributed by atoms with Gasteiger partial charge in [0.15, 0.2) is 0 Å². The van der Waals surface area contributed by atoms with Crippen molar-refractivity contribution in [2.24, 2.45) is 5.73 Å². The van der Waals surface area contributed by atoms with Gasteiger partial charge in [0, 0.05) is 17.4 Å². The molecule has 0 rings (SSSR count). The zero-order valence-electron chi connectivity index (χ0n) is 12.1. The quantitative estimate of drug-likeness (QED) is 0.524. The zero-order chi connectivity index (χ0) is 13.7. The van der Waals surface area contributed by atoms with Crippen molar-refractivity contribution < 1.29 is 8.39 Å². The van der Waals surface area contributed by atoms with Crippen molar-refractivity contribution in [2.45, 2.75) is 64.2 Å². The van der Waals surface area contributed by atoms with E-state index < -0.39 is 8.77 Å². The first kappa shape index (κ1) is 21.9. The maximum Gasteiger partial charge on any atom is 0.141 e. The molecule has 0 aromatic carbocycles. The highest BCUT2D eigenvalue weighted by molar-refractivity contribution is 8.29. The van der Waals surface area contributed by atoms with Crippen LogP contribution in [0.1, 0.15) is 64.2 Å². The topological polar surface area (TPSA) is 52.3 Å². The predicted molar refractivity (Wildman–Crippen MR) is 89.9 cm³/mol. The van der Waals surface area contributed by atoms with Crippen LogP contribution in [0.25, 0.3) is 0 Å². The van der Waals surface area contributed by atoms with Crippen molar-refractivity contribution in [1.82, 2.24) is 0 Å². The van der Waals surface area contributed by atoms with E-state index in [0.717, 1.165) is 19.4 Å². The van der Waals surface area contributed by atoms with Gasteiger partial charge in [0.1, 0.15) is 8.77 Å². The van der Waals surface area contributed by atoms with Gasteiger partial charge in [0.25, 0.3) is 0 Å². The molecule has 0 spiro atoms. The van der Waals surface area contributed by atoms with Gasteiger partial charge in [-0.1, -0.05) is 51.4 Å². The molecule has 0 aliphatic carbocycles. The number of unbranched alkanes of at least 4 members (excludes halogenated alkanes) is 9. The molecular weight excluding hydrogens is 302 g/mol. The third kappa shape index (κ3) is 21.0. The molecule has 0 aromatic rings. The Morgan fingerprint density at radius 2 is 1.26 bits per heavy atom. The highest BCUT2D eigenvalue weighted by Gasteiger charge is 1.97. The largest absolute Gasteiger partial charge is 0.330 e. The van der Waals surface area contributed by atoms with Crippen LogP contribution < -0.4 is 5.73 Å². The van der Waals surface area contributed by atoms with Crippen molar-refractivity contribution in [3.8, 4) is 0 Å². The molecule has 0 fully saturated rings. The van der Waals surface area contributed by atoms with E-state index in [2.05, 4.69) is 11.2 Å². The molecule has 3 nitrogen and oxygen atoms in total. The Morgan fingerprint density at radius 3 is 1.63 bits per heavy atom. The summed E-state index contributed by atoms with van der Waals surface area (Å²) in [6.45, 7) is 1.37. The molecule has 0 radical (unpaired) electrons. The van der Waals surface area contributed by atoms with E-state index in [1.807, 2.05) is 0 Å². The van der Waals surface area contributed by atoms with Gasteiger partial charge in [0.2, 0.25) is 0 Å². The lowest BCUT2D eigenvalue weighted by molar-refractivity contribution is 0.333. The Kier molecular flexibility index (Phi) is 17.2. The van der Waals surface area contributed by atoms with Crippen LogP contribution in [0.2, 0.25) is 0 Å². The summed E-state index contributed by atoms with van der Waals surface area (Å²) in [7, 11) is -2.41. The van der Waals surface area contributed by atoms with Crippen LogP contribution in [0.5, 0.6) is 0 Å². The number of rotatable bonds is 13. The molecule has 0 bridgehead atoms. The van der Waals surface area contributed by atoms with Crippen LogP contribution in [0.3, 0.4) is 0 Å². The molecule has 0 saturated carbocycles. The summed E-state index contributed by atoms with van der Waals surface area (Å²) >= 11 is 4.66. The summed E-state index contributed by atoms with van der Waals surface area (Å²) in [6.07, 6.45) is 13.9. The van der Waals surface area contributed by atoms with E-state index in [4.69, 9.17) is 9.92 Å². The highest BCUT2D eigenvalue weighted by atomic mass is 35.5. The molecule has 2 N–H and O–H groups in total. The van der Waals surface area contributed by atoms with Crippen LogP contribution in [0.15, 0.2) is 0 Å². The number of hydrogen-bond donors (Lipinski definition) is 1. The fourth-order valence-electron chi connectivity index (χ4n) is 1.87. The number of nitrogens with two attached hydrogens (primary N) is 1. The monoisotopic (exact) mass is 331 g/mol. The van der Waals surface area contributed by atoms with Crippen LogP contribution in [-0.4, -0.2) is 23.6 Å². The minimum absolute atomic E-state index is 0. The second-order valence-electron chi connectivity index (χ2n) is 4.85. The van der Waals surface area contributed by atoms with Gasteiger partial charge in [-0.2, -0.15) is 0 Å². The van der Waals surface area contributed by atoms with E-state index in [0.29, 0.717) is 6.61 Å². The number of hydrogen-bond acceptors (Lipinski definition) is 4. The lowest BCUT2D eigenvalue weighted by Gasteiger charge is -2.04. The zero-order valence-corrected chi connectivity index (χ0v) is 14.6. The Hall–Kier alpha value is 0.580. The minimum Gasteiger partial charge on any atom is -0.330 e. The SMILES string of the molecule is CS(=O)(=S)OCCCCCCCCCCCCN.Cl. The van der Waals surface area contributed by atoms with Gasteiger partial charge in [-0.3, -0.25) is 4.18 Å². The van der Waals surface area contributed by atoms with Crippen LogP contribution >= 0.6 is 12.4 Å². The molecule has 0 heterocycles. The fraction of sp³-hybridized carbons (Fsp3) is 1.00. The molecule has 1 unspecified atom stereocenters. The third-order valence-electron chi connectivity index (χ3n) is 2.90. The average molecular weight is 332 g/mol. The molecular formula is C13H30ClNO2S2. The van der Waals surface area contributed by atoms with Crippen LogP contribution in [0, 0.1) is 0 Å². The smallest absolute Gasteiger partial charge is 0.141 e. The molecule has 1 atom stereocenters. The van der Waals surface area contributed by atoms with Gasteiger partial charge in [-0.05, 0) is 19.4 Å².